The molecule has 0 unspecified atom stereocenters. The zero-order valence-electron chi connectivity index (χ0n) is 12.3. The average molecular weight is 306 g/mol. The van der Waals surface area contributed by atoms with E-state index in [1.807, 2.05) is 26.8 Å². The third-order valence-corrected chi connectivity index (χ3v) is 4.97. The molecule has 0 aromatic carbocycles. The molecule has 0 saturated carbocycles. The topological polar surface area (TPSA) is 89.2 Å². The van der Waals surface area contributed by atoms with Crippen LogP contribution in [0.5, 0.6) is 0 Å². The molecule has 1 aromatic rings. The van der Waals surface area contributed by atoms with Gasteiger partial charge in [-0.2, -0.15) is 0 Å². The van der Waals surface area contributed by atoms with Crippen molar-refractivity contribution in [1.82, 2.24) is 15.1 Å². The lowest BCUT2D eigenvalue weighted by atomic mass is 9.62. The number of allylic oxidation sites excluding steroid dienone is 1. The summed E-state index contributed by atoms with van der Waals surface area (Å²) in [6.07, 6.45) is 2.56. The van der Waals surface area contributed by atoms with Crippen molar-refractivity contribution in [2.45, 2.75) is 27.2 Å². The van der Waals surface area contributed by atoms with Gasteiger partial charge in [-0.05, 0) is 19.4 Å². The minimum Gasteiger partial charge on any atom is -0.396 e. The predicted octanol–water partition coefficient (Wildman–Crippen LogP) is 1.13. The smallest absolute Gasteiger partial charge is 0.284 e. The van der Waals surface area contributed by atoms with Crippen LogP contribution in [0, 0.1) is 17.8 Å². The Morgan fingerprint density at radius 2 is 2.05 bits per heavy atom. The molecule has 1 saturated heterocycles. The predicted molar refractivity (Wildman–Crippen MR) is 78.7 cm³/mol. The van der Waals surface area contributed by atoms with Gasteiger partial charge in [-0.1, -0.05) is 25.2 Å². The number of rotatable bonds is 1. The van der Waals surface area contributed by atoms with Gasteiger partial charge in [-0.15, -0.1) is 10.2 Å². The minimum absolute atomic E-state index is 0.00218. The maximum atomic E-state index is 12.3. The lowest BCUT2D eigenvalue weighted by molar-refractivity contribution is -0.127. The fourth-order valence-corrected chi connectivity index (χ4v) is 4.04. The average Bonchev–Trinajstić information content (AvgIpc) is 2.78. The highest BCUT2D eigenvalue weighted by molar-refractivity contribution is 7.13. The van der Waals surface area contributed by atoms with E-state index in [1.54, 1.807) is 4.90 Å². The molecule has 3 rings (SSSR count). The van der Waals surface area contributed by atoms with Crippen LogP contribution >= 0.6 is 11.3 Å². The summed E-state index contributed by atoms with van der Waals surface area (Å²) in [5, 5.41) is 8.96. The Balaban J connectivity index is 1.76. The maximum Gasteiger partial charge on any atom is 0.284 e. The molecule has 1 aliphatic heterocycles. The van der Waals surface area contributed by atoms with Crippen LogP contribution in [0.4, 0.5) is 0 Å². The number of amides is 1. The zero-order chi connectivity index (χ0) is 15.4. The van der Waals surface area contributed by atoms with E-state index in [9.17, 15) is 9.59 Å². The molecule has 6 nitrogen and oxygen atoms in total. The Morgan fingerprint density at radius 1 is 1.38 bits per heavy atom. The first-order chi connectivity index (χ1) is 9.72. The van der Waals surface area contributed by atoms with E-state index in [0.29, 0.717) is 23.8 Å². The quantitative estimate of drug-likeness (QED) is 0.840. The highest BCUT2D eigenvalue weighted by Crippen LogP contribution is 2.47. The SMILES string of the molecule is Cc1nnc(C(=O)N2CC3(C=C(N)C(=O)C(C)(C)C3)C2)s1. The van der Waals surface area contributed by atoms with Crippen molar-refractivity contribution in [1.29, 1.82) is 0 Å². The van der Waals surface area contributed by atoms with E-state index in [4.69, 9.17) is 5.73 Å². The number of carbonyl (C=O) groups excluding carboxylic acids is 2. The van der Waals surface area contributed by atoms with Crippen molar-refractivity contribution in [3.05, 3.63) is 21.8 Å². The standard InChI is InChI=1S/C14H18N4O2S/c1-8-16-17-11(21-8)12(20)18-6-14(7-18)4-9(15)10(19)13(2,3)5-14/h4H,5-7,15H2,1-3H3. The highest BCUT2D eigenvalue weighted by Gasteiger charge is 2.52. The molecule has 112 valence electrons. The number of carbonyl (C=O) groups is 2. The first-order valence-electron chi connectivity index (χ1n) is 6.85. The van der Waals surface area contributed by atoms with Crippen LogP contribution in [0.2, 0.25) is 0 Å². The van der Waals surface area contributed by atoms with Crippen molar-refractivity contribution >= 4 is 23.0 Å². The highest BCUT2D eigenvalue weighted by atomic mass is 32.1. The summed E-state index contributed by atoms with van der Waals surface area (Å²) in [5.74, 6) is -0.0921. The second kappa shape index (κ2) is 4.37. The second-order valence-corrected chi connectivity index (χ2v) is 7.82. The Hall–Kier alpha value is -1.76. The van der Waals surface area contributed by atoms with E-state index in [2.05, 4.69) is 10.2 Å². The van der Waals surface area contributed by atoms with Gasteiger partial charge in [-0.3, -0.25) is 9.59 Å². The van der Waals surface area contributed by atoms with Crippen molar-refractivity contribution in [3.63, 3.8) is 0 Å². The monoisotopic (exact) mass is 306 g/mol. The molecule has 0 radical (unpaired) electrons. The van der Waals surface area contributed by atoms with E-state index in [-0.39, 0.29) is 17.1 Å². The Kier molecular flexibility index (Phi) is 2.95. The summed E-state index contributed by atoms with van der Waals surface area (Å²) >= 11 is 1.30. The first-order valence-corrected chi connectivity index (χ1v) is 7.67. The fraction of sp³-hybridized carbons (Fsp3) is 0.571. The molecule has 7 heteroatoms. The number of Topliss-reactive ketones (excluding diaryl/α,β-unsaturated/α-hetero) is 1. The van der Waals surface area contributed by atoms with E-state index >= 15 is 0 Å². The normalized spacial score (nSPS) is 22.9. The van der Waals surface area contributed by atoms with Crippen LogP contribution in [0.3, 0.4) is 0 Å². The molecule has 2 N–H and O–H groups in total. The summed E-state index contributed by atoms with van der Waals surface area (Å²) in [4.78, 5) is 26.1. The van der Waals surface area contributed by atoms with Gasteiger partial charge >= 0.3 is 0 Å². The molecule has 1 aromatic heterocycles. The van der Waals surface area contributed by atoms with Gasteiger partial charge in [0.25, 0.3) is 5.91 Å². The number of aryl methyl sites for hydroxylation is 1. The molecule has 0 atom stereocenters. The number of nitrogens with two attached hydrogens (primary N) is 1. The first kappa shape index (κ1) is 14.2. The Morgan fingerprint density at radius 3 is 2.57 bits per heavy atom. The number of likely N-dealkylation sites (tertiary alicyclic amines) is 1. The summed E-state index contributed by atoms with van der Waals surface area (Å²) < 4.78 is 0. The van der Waals surface area contributed by atoms with Gasteiger partial charge in [0.1, 0.15) is 5.01 Å². The van der Waals surface area contributed by atoms with E-state index in [0.717, 1.165) is 11.4 Å². The molecule has 1 fully saturated rings. The van der Waals surface area contributed by atoms with Crippen LogP contribution < -0.4 is 5.73 Å². The molecule has 1 aliphatic carbocycles. The van der Waals surface area contributed by atoms with Crippen LogP contribution in [0.1, 0.15) is 35.1 Å². The molecule has 21 heavy (non-hydrogen) atoms. The summed E-state index contributed by atoms with van der Waals surface area (Å²) in [5.41, 5.74) is 5.55. The number of nitrogens with zero attached hydrogens (tertiary/aromatic N) is 3. The van der Waals surface area contributed by atoms with Crippen molar-refractivity contribution in [3.8, 4) is 0 Å². The molecule has 2 heterocycles. The molecule has 1 amide bonds. The summed E-state index contributed by atoms with van der Waals surface area (Å²) in [6.45, 7) is 6.82. The van der Waals surface area contributed by atoms with Gasteiger partial charge in [-0.25, -0.2) is 0 Å². The summed E-state index contributed by atoms with van der Waals surface area (Å²) in [6, 6.07) is 0. The number of aromatic nitrogens is 2. The Bertz CT molecular complexity index is 656. The molecule has 0 bridgehead atoms. The van der Waals surface area contributed by atoms with Gasteiger partial charge in [0.2, 0.25) is 5.01 Å². The third-order valence-electron chi connectivity index (χ3n) is 4.14. The van der Waals surface area contributed by atoms with Crippen molar-refractivity contribution < 1.29 is 9.59 Å². The number of ketones is 1. The molecular formula is C14H18N4O2S. The zero-order valence-corrected chi connectivity index (χ0v) is 13.2. The van der Waals surface area contributed by atoms with Crippen LogP contribution in [-0.4, -0.2) is 39.9 Å². The molecule has 1 spiro atoms. The van der Waals surface area contributed by atoms with Gasteiger partial charge in [0, 0.05) is 23.9 Å². The van der Waals surface area contributed by atoms with Gasteiger partial charge in [0.05, 0.1) is 5.70 Å². The van der Waals surface area contributed by atoms with Crippen LogP contribution in [-0.2, 0) is 4.79 Å². The largest absolute Gasteiger partial charge is 0.396 e. The fourth-order valence-electron chi connectivity index (χ4n) is 3.38. The minimum atomic E-state index is -0.465. The lowest BCUT2D eigenvalue weighted by Gasteiger charge is -2.53. The maximum absolute atomic E-state index is 12.3. The van der Waals surface area contributed by atoms with Gasteiger partial charge in [0.15, 0.2) is 5.78 Å². The lowest BCUT2D eigenvalue weighted by Crippen LogP contribution is -2.61. The number of hydrogen-bond acceptors (Lipinski definition) is 6. The Labute approximate surface area is 127 Å². The van der Waals surface area contributed by atoms with Crippen molar-refractivity contribution in [2.24, 2.45) is 16.6 Å². The van der Waals surface area contributed by atoms with E-state index in [1.165, 1.54) is 11.3 Å². The third kappa shape index (κ3) is 2.25. The van der Waals surface area contributed by atoms with Gasteiger partial charge < -0.3 is 10.6 Å². The van der Waals surface area contributed by atoms with Crippen molar-refractivity contribution in [2.75, 3.05) is 13.1 Å². The van der Waals surface area contributed by atoms with E-state index < -0.39 is 5.41 Å². The van der Waals surface area contributed by atoms with Crippen LogP contribution in [0.25, 0.3) is 0 Å². The number of hydrogen-bond donors (Lipinski definition) is 1. The van der Waals surface area contributed by atoms with Crippen LogP contribution in [0.15, 0.2) is 11.8 Å². The second-order valence-electron chi connectivity index (χ2n) is 6.64. The molecule has 2 aliphatic rings. The summed E-state index contributed by atoms with van der Waals surface area (Å²) in [7, 11) is 0. The molecular weight excluding hydrogens is 288 g/mol.